The minimum absolute atomic E-state index is 0.126. The Kier molecular flexibility index (Phi) is 2.66. The summed E-state index contributed by atoms with van der Waals surface area (Å²) >= 11 is 0. The number of nitrogens with zero attached hydrogens (tertiary/aromatic N) is 1. The van der Waals surface area contributed by atoms with Crippen molar-refractivity contribution in [3.63, 3.8) is 0 Å². The average molecular weight is 208 g/mol. The third-order valence-corrected chi connectivity index (χ3v) is 3.22. The SMILES string of the molecule is CC1(C(=O)NC(C#N)C2CC2)CCCO1. The summed E-state index contributed by atoms with van der Waals surface area (Å²) in [5.41, 5.74) is -0.704. The maximum absolute atomic E-state index is 11.9. The van der Waals surface area contributed by atoms with Crippen molar-refractivity contribution in [2.75, 3.05) is 6.61 Å². The van der Waals surface area contributed by atoms with Crippen LogP contribution in [-0.4, -0.2) is 24.2 Å². The largest absolute Gasteiger partial charge is 0.365 e. The zero-order chi connectivity index (χ0) is 10.9. The van der Waals surface area contributed by atoms with Gasteiger partial charge < -0.3 is 10.1 Å². The second-order valence-corrected chi connectivity index (χ2v) is 4.60. The van der Waals surface area contributed by atoms with Crippen LogP contribution in [0.4, 0.5) is 0 Å². The molecule has 0 aromatic carbocycles. The zero-order valence-corrected chi connectivity index (χ0v) is 8.95. The first-order valence-corrected chi connectivity index (χ1v) is 5.50. The lowest BCUT2D eigenvalue weighted by Crippen LogP contribution is -2.48. The highest BCUT2D eigenvalue weighted by atomic mass is 16.5. The Morgan fingerprint density at radius 1 is 1.67 bits per heavy atom. The molecule has 0 aromatic rings. The number of hydrogen-bond acceptors (Lipinski definition) is 3. The van der Waals surface area contributed by atoms with E-state index in [0.717, 1.165) is 25.7 Å². The van der Waals surface area contributed by atoms with Crippen molar-refractivity contribution in [1.29, 1.82) is 5.26 Å². The van der Waals surface area contributed by atoms with Crippen molar-refractivity contribution in [3.05, 3.63) is 0 Å². The average Bonchev–Trinajstić information content (AvgIpc) is 2.97. The molecule has 2 unspecified atom stereocenters. The molecule has 2 aliphatic rings. The van der Waals surface area contributed by atoms with Gasteiger partial charge in [-0.25, -0.2) is 0 Å². The molecule has 0 spiro atoms. The molecule has 1 saturated heterocycles. The number of hydrogen-bond donors (Lipinski definition) is 1. The Bertz CT molecular complexity index is 298. The lowest BCUT2D eigenvalue weighted by molar-refractivity contribution is -0.140. The fraction of sp³-hybridized carbons (Fsp3) is 0.818. The molecule has 1 amide bonds. The Morgan fingerprint density at radius 2 is 2.40 bits per heavy atom. The van der Waals surface area contributed by atoms with E-state index >= 15 is 0 Å². The van der Waals surface area contributed by atoms with Crippen LogP contribution in [0.5, 0.6) is 0 Å². The summed E-state index contributed by atoms with van der Waals surface area (Å²) in [5, 5.41) is 11.7. The van der Waals surface area contributed by atoms with Crippen LogP contribution in [-0.2, 0) is 9.53 Å². The van der Waals surface area contributed by atoms with Gasteiger partial charge in [-0.05, 0) is 38.5 Å². The predicted octanol–water partition coefficient (Wildman–Crippen LogP) is 0.974. The van der Waals surface area contributed by atoms with E-state index in [9.17, 15) is 4.79 Å². The predicted molar refractivity (Wildman–Crippen MR) is 53.9 cm³/mol. The van der Waals surface area contributed by atoms with Crippen LogP contribution in [0.25, 0.3) is 0 Å². The van der Waals surface area contributed by atoms with E-state index in [-0.39, 0.29) is 11.9 Å². The minimum Gasteiger partial charge on any atom is -0.365 e. The van der Waals surface area contributed by atoms with Crippen molar-refractivity contribution < 1.29 is 9.53 Å². The molecule has 1 aliphatic heterocycles. The van der Waals surface area contributed by atoms with Crippen molar-refractivity contribution in [3.8, 4) is 6.07 Å². The fourth-order valence-corrected chi connectivity index (χ4v) is 1.94. The van der Waals surface area contributed by atoms with Crippen LogP contribution in [0.3, 0.4) is 0 Å². The summed E-state index contributed by atoms with van der Waals surface area (Å²) in [6.07, 6.45) is 3.78. The normalized spacial score (nSPS) is 32.0. The highest BCUT2D eigenvalue weighted by Crippen LogP contribution is 2.33. The van der Waals surface area contributed by atoms with E-state index < -0.39 is 5.60 Å². The maximum atomic E-state index is 11.9. The van der Waals surface area contributed by atoms with E-state index in [1.807, 2.05) is 0 Å². The molecule has 1 heterocycles. The zero-order valence-electron chi connectivity index (χ0n) is 8.95. The summed E-state index contributed by atoms with van der Waals surface area (Å²) in [6, 6.07) is 1.83. The molecule has 82 valence electrons. The fourth-order valence-electron chi connectivity index (χ4n) is 1.94. The van der Waals surface area contributed by atoms with Crippen LogP contribution in [0, 0.1) is 17.2 Å². The second-order valence-electron chi connectivity index (χ2n) is 4.60. The number of carbonyl (C=O) groups excluding carboxylic acids is 1. The number of carbonyl (C=O) groups is 1. The van der Waals surface area contributed by atoms with E-state index in [1.165, 1.54) is 0 Å². The lowest BCUT2D eigenvalue weighted by atomic mass is 10.0. The smallest absolute Gasteiger partial charge is 0.253 e. The van der Waals surface area contributed by atoms with Gasteiger partial charge in [0.1, 0.15) is 11.6 Å². The van der Waals surface area contributed by atoms with E-state index in [1.54, 1.807) is 6.92 Å². The van der Waals surface area contributed by atoms with Gasteiger partial charge in [-0.1, -0.05) is 0 Å². The summed E-state index contributed by atoms with van der Waals surface area (Å²) in [4.78, 5) is 11.9. The molecule has 2 rings (SSSR count). The molecule has 15 heavy (non-hydrogen) atoms. The van der Waals surface area contributed by atoms with Crippen molar-refractivity contribution in [2.24, 2.45) is 5.92 Å². The minimum atomic E-state index is -0.704. The van der Waals surface area contributed by atoms with Crippen LogP contribution < -0.4 is 5.32 Å². The first-order valence-electron chi connectivity index (χ1n) is 5.50. The number of ether oxygens (including phenoxy) is 1. The third kappa shape index (κ3) is 2.13. The van der Waals surface area contributed by atoms with E-state index in [4.69, 9.17) is 10.00 Å². The summed E-state index contributed by atoms with van der Waals surface area (Å²) in [7, 11) is 0. The molecule has 1 saturated carbocycles. The highest BCUT2D eigenvalue weighted by molar-refractivity contribution is 5.85. The second kappa shape index (κ2) is 3.82. The Hall–Kier alpha value is -1.08. The number of nitriles is 1. The van der Waals surface area contributed by atoms with Crippen LogP contribution >= 0.6 is 0 Å². The Balaban J connectivity index is 1.93. The topological polar surface area (TPSA) is 62.1 Å². The molecular weight excluding hydrogens is 192 g/mol. The lowest BCUT2D eigenvalue weighted by Gasteiger charge is -2.23. The van der Waals surface area contributed by atoms with Crippen molar-refractivity contribution in [1.82, 2.24) is 5.32 Å². The van der Waals surface area contributed by atoms with Gasteiger partial charge in [0.15, 0.2) is 0 Å². The number of rotatable bonds is 3. The molecule has 0 bridgehead atoms. The molecule has 4 heteroatoms. The molecule has 1 aliphatic carbocycles. The summed E-state index contributed by atoms with van der Waals surface area (Å²) < 4.78 is 5.43. The highest BCUT2D eigenvalue weighted by Gasteiger charge is 2.41. The van der Waals surface area contributed by atoms with Gasteiger partial charge >= 0.3 is 0 Å². The Labute approximate surface area is 89.6 Å². The first-order chi connectivity index (χ1) is 7.15. The van der Waals surface area contributed by atoms with Crippen LogP contribution in [0.2, 0.25) is 0 Å². The molecule has 0 aromatic heterocycles. The molecule has 2 fully saturated rings. The van der Waals surface area contributed by atoms with Gasteiger partial charge in [0.25, 0.3) is 5.91 Å². The van der Waals surface area contributed by atoms with Crippen LogP contribution in [0.15, 0.2) is 0 Å². The van der Waals surface area contributed by atoms with E-state index in [2.05, 4.69) is 11.4 Å². The third-order valence-electron chi connectivity index (χ3n) is 3.22. The van der Waals surface area contributed by atoms with Gasteiger partial charge in [-0.2, -0.15) is 5.26 Å². The first kappa shape index (κ1) is 10.4. The van der Waals surface area contributed by atoms with E-state index in [0.29, 0.717) is 12.5 Å². The molecular formula is C11H16N2O2. The van der Waals surface area contributed by atoms with Gasteiger partial charge in [0.2, 0.25) is 0 Å². The monoisotopic (exact) mass is 208 g/mol. The van der Waals surface area contributed by atoms with Gasteiger partial charge in [-0.3, -0.25) is 4.79 Å². The standard InChI is InChI=1S/C11H16N2O2/c1-11(5-2-6-15-11)10(14)13-9(7-12)8-3-4-8/h8-9H,2-6H2,1H3,(H,13,14). The maximum Gasteiger partial charge on any atom is 0.253 e. The van der Waals surface area contributed by atoms with Crippen LogP contribution in [0.1, 0.15) is 32.6 Å². The van der Waals surface area contributed by atoms with Gasteiger partial charge in [0.05, 0.1) is 6.07 Å². The van der Waals surface area contributed by atoms with Gasteiger partial charge in [-0.15, -0.1) is 0 Å². The molecule has 0 radical (unpaired) electrons. The van der Waals surface area contributed by atoms with Crippen molar-refractivity contribution >= 4 is 5.91 Å². The van der Waals surface area contributed by atoms with Crippen molar-refractivity contribution in [2.45, 2.75) is 44.2 Å². The quantitative estimate of drug-likeness (QED) is 0.751. The molecule has 4 nitrogen and oxygen atoms in total. The Morgan fingerprint density at radius 3 is 2.87 bits per heavy atom. The molecule has 2 atom stereocenters. The molecule has 1 N–H and O–H groups in total. The summed E-state index contributed by atoms with van der Waals surface area (Å²) in [5.74, 6) is 0.238. The number of amides is 1. The number of nitrogens with one attached hydrogen (secondary N) is 1. The summed E-state index contributed by atoms with van der Waals surface area (Å²) in [6.45, 7) is 2.45. The van der Waals surface area contributed by atoms with Gasteiger partial charge in [0, 0.05) is 6.61 Å².